The summed E-state index contributed by atoms with van der Waals surface area (Å²) in [5.74, 6) is -0.0766. The molecule has 8 nitrogen and oxygen atoms in total. The topological polar surface area (TPSA) is 133 Å². The molecule has 0 atom stereocenters. The Morgan fingerprint density at radius 2 is 1.95 bits per heavy atom. The second kappa shape index (κ2) is 5.09. The van der Waals surface area contributed by atoms with Crippen molar-refractivity contribution in [2.45, 2.75) is 32.7 Å². The van der Waals surface area contributed by atoms with E-state index in [0.717, 1.165) is 19.3 Å². The molecule has 0 aliphatic rings. The maximum Gasteiger partial charge on any atom is 0.330 e. The Labute approximate surface area is 108 Å². The molecule has 5 N–H and O–H groups in total. The molecule has 0 radical (unpaired) electrons. The molecule has 2 heterocycles. The van der Waals surface area contributed by atoms with Crippen LogP contribution in [0.15, 0.2) is 9.59 Å². The third-order valence-electron chi connectivity index (χ3n) is 2.87. The number of nitrogen functional groups attached to an aromatic ring is 2. The highest BCUT2D eigenvalue weighted by molar-refractivity contribution is 5.85. The fourth-order valence-corrected chi connectivity index (χ4v) is 1.95. The number of nitrogens with zero attached hydrogens (tertiary/aromatic N) is 3. The van der Waals surface area contributed by atoms with E-state index >= 15 is 0 Å². The lowest BCUT2D eigenvalue weighted by atomic mass is 10.2. The summed E-state index contributed by atoms with van der Waals surface area (Å²) in [4.78, 5) is 33.5. The lowest BCUT2D eigenvalue weighted by Crippen LogP contribution is -2.32. The van der Waals surface area contributed by atoms with Crippen molar-refractivity contribution in [2.75, 3.05) is 11.5 Å². The van der Waals surface area contributed by atoms with Crippen LogP contribution in [0.3, 0.4) is 0 Å². The van der Waals surface area contributed by atoms with Crippen LogP contribution in [0.25, 0.3) is 11.0 Å². The van der Waals surface area contributed by atoms with Gasteiger partial charge in [-0.2, -0.15) is 9.97 Å². The molecule has 0 spiro atoms. The van der Waals surface area contributed by atoms with Gasteiger partial charge in [0.05, 0.1) is 0 Å². The number of H-pyrrole nitrogens is 1. The van der Waals surface area contributed by atoms with E-state index in [-0.39, 0.29) is 22.8 Å². The minimum absolute atomic E-state index is 0.0204. The summed E-state index contributed by atoms with van der Waals surface area (Å²) in [7, 11) is 0. The molecule has 0 fully saturated rings. The van der Waals surface area contributed by atoms with Gasteiger partial charge in [0.15, 0.2) is 5.65 Å². The first kappa shape index (κ1) is 13.1. The van der Waals surface area contributed by atoms with Gasteiger partial charge >= 0.3 is 5.69 Å². The molecule has 0 aliphatic carbocycles. The Balaban J connectivity index is 2.68. The monoisotopic (exact) mass is 264 g/mol. The molecule has 2 aromatic heterocycles. The van der Waals surface area contributed by atoms with Gasteiger partial charge in [0.2, 0.25) is 5.95 Å². The van der Waals surface area contributed by atoms with Crippen LogP contribution in [0, 0.1) is 0 Å². The van der Waals surface area contributed by atoms with E-state index in [1.165, 1.54) is 4.57 Å². The van der Waals surface area contributed by atoms with E-state index in [1.807, 2.05) is 0 Å². The normalized spacial score (nSPS) is 11.0. The van der Waals surface area contributed by atoms with Crippen molar-refractivity contribution in [1.82, 2.24) is 19.5 Å². The Kier molecular flexibility index (Phi) is 3.50. The summed E-state index contributed by atoms with van der Waals surface area (Å²) in [5, 5.41) is 0.102. The predicted molar refractivity (Wildman–Crippen MR) is 72.8 cm³/mol. The van der Waals surface area contributed by atoms with Gasteiger partial charge in [0, 0.05) is 6.54 Å². The van der Waals surface area contributed by atoms with Crippen LogP contribution in [-0.2, 0) is 6.54 Å². The second-order valence-corrected chi connectivity index (χ2v) is 4.28. The van der Waals surface area contributed by atoms with E-state index in [9.17, 15) is 9.59 Å². The number of hydrogen-bond acceptors (Lipinski definition) is 6. The van der Waals surface area contributed by atoms with Crippen LogP contribution < -0.4 is 22.7 Å². The Hall–Kier alpha value is -2.38. The molecule has 2 aromatic rings. The smallest absolute Gasteiger partial charge is 0.330 e. The first-order valence-corrected chi connectivity index (χ1v) is 6.10. The van der Waals surface area contributed by atoms with Crippen molar-refractivity contribution in [3.63, 3.8) is 0 Å². The van der Waals surface area contributed by atoms with E-state index in [0.29, 0.717) is 6.54 Å². The van der Waals surface area contributed by atoms with Crippen molar-refractivity contribution in [3.8, 4) is 0 Å². The largest absolute Gasteiger partial charge is 0.383 e. The van der Waals surface area contributed by atoms with Gasteiger partial charge in [-0.15, -0.1) is 0 Å². The van der Waals surface area contributed by atoms with E-state index in [4.69, 9.17) is 11.5 Å². The first-order chi connectivity index (χ1) is 9.04. The molecule has 102 valence electrons. The van der Waals surface area contributed by atoms with Crippen LogP contribution in [0.2, 0.25) is 0 Å². The fraction of sp³-hybridized carbons (Fsp3) is 0.455. The van der Waals surface area contributed by atoms with Crippen LogP contribution in [-0.4, -0.2) is 19.5 Å². The van der Waals surface area contributed by atoms with Gasteiger partial charge < -0.3 is 11.5 Å². The Bertz CT molecular complexity index is 717. The molecule has 19 heavy (non-hydrogen) atoms. The zero-order chi connectivity index (χ0) is 14.0. The van der Waals surface area contributed by atoms with E-state index in [2.05, 4.69) is 21.9 Å². The van der Waals surface area contributed by atoms with Gasteiger partial charge in [-0.05, 0) is 6.42 Å². The average molecular weight is 264 g/mol. The number of hydrogen-bond donors (Lipinski definition) is 3. The van der Waals surface area contributed by atoms with Gasteiger partial charge in [-0.1, -0.05) is 19.8 Å². The average Bonchev–Trinajstić information content (AvgIpc) is 2.32. The van der Waals surface area contributed by atoms with Crippen molar-refractivity contribution in [3.05, 3.63) is 20.8 Å². The number of nitrogens with two attached hydrogens (primary N) is 2. The molecule has 0 saturated carbocycles. The standard InChI is InChI=1S/C11H16N6O2/c1-2-3-4-5-17-8-6(9(18)16-11(17)19)7(12)14-10(13)15-8/h2-5H2,1H3,(H,16,18,19)(H4,12,13,14,15). The molecule has 0 unspecified atom stereocenters. The highest BCUT2D eigenvalue weighted by Crippen LogP contribution is 2.13. The number of aryl methyl sites for hydroxylation is 1. The second-order valence-electron chi connectivity index (χ2n) is 4.28. The van der Waals surface area contributed by atoms with Gasteiger partial charge in [0.25, 0.3) is 5.56 Å². The molecule has 0 bridgehead atoms. The highest BCUT2D eigenvalue weighted by atomic mass is 16.2. The molecular weight excluding hydrogens is 248 g/mol. The van der Waals surface area contributed by atoms with Crippen LogP contribution >= 0.6 is 0 Å². The number of anilines is 2. The minimum Gasteiger partial charge on any atom is -0.383 e. The SMILES string of the molecule is CCCCCn1c(=O)[nH]c(=O)c2c(N)nc(N)nc21. The Morgan fingerprint density at radius 3 is 2.63 bits per heavy atom. The van der Waals surface area contributed by atoms with Crippen LogP contribution in [0.1, 0.15) is 26.2 Å². The number of nitrogens with one attached hydrogen (secondary N) is 1. The summed E-state index contributed by atoms with van der Waals surface area (Å²) in [6.07, 6.45) is 2.81. The highest BCUT2D eigenvalue weighted by Gasteiger charge is 2.13. The number of aromatic nitrogens is 4. The third-order valence-corrected chi connectivity index (χ3v) is 2.87. The molecule has 0 amide bonds. The van der Waals surface area contributed by atoms with Gasteiger partial charge in [-0.25, -0.2) is 4.79 Å². The van der Waals surface area contributed by atoms with Gasteiger partial charge in [-0.3, -0.25) is 14.3 Å². The molecule has 8 heteroatoms. The lowest BCUT2D eigenvalue weighted by Gasteiger charge is -2.09. The minimum atomic E-state index is -0.593. The van der Waals surface area contributed by atoms with Crippen LogP contribution in [0.5, 0.6) is 0 Å². The van der Waals surface area contributed by atoms with Crippen molar-refractivity contribution < 1.29 is 0 Å². The predicted octanol–water partition coefficient (Wildman–Crippen LogP) is -0.166. The number of aromatic amines is 1. The maximum atomic E-state index is 11.8. The van der Waals surface area contributed by atoms with Crippen LogP contribution in [0.4, 0.5) is 11.8 Å². The summed E-state index contributed by atoms with van der Waals surface area (Å²) in [5.41, 5.74) is 10.3. The third kappa shape index (κ3) is 2.42. The summed E-state index contributed by atoms with van der Waals surface area (Å²) >= 11 is 0. The fourth-order valence-electron chi connectivity index (χ4n) is 1.95. The lowest BCUT2D eigenvalue weighted by molar-refractivity contribution is 0.588. The molecule has 0 saturated heterocycles. The Morgan fingerprint density at radius 1 is 1.21 bits per heavy atom. The molecular formula is C11H16N6O2. The number of fused-ring (bicyclic) bond motifs is 1. The summed E-state index contributed by atoms with van der Waals surface area (Å²) < 4.78 is 1.38. The summed E-state index contributed by atoms with van der Waals surface area (Å²) in [6.45, 7) is 2.52. The quantitative estimate of drug-likeness (QED) is 0.657. The maximum absolute atomic E-state index is 11.8. The van der Waals surface area contributed by atoms with Crippen molar-refractivity contribution >= 4 is 22.8 Å². The summed E-state index contributed by atoms with van der Waals surface area (Å²) in [6, 6.07) is 0. The van der Waals surface area contributed by atoms with Crippen molar-refractivity contribution in [2.24, 2.45) is 0 Å². The zero-order valence-corrected chi connectivity index (χ0v) is 10.6. The van der Waals surface area contributed by atoms with E-state index in [1.54, 1.807) is 0 Å². The molecule has 0 aliphatic heterocycles. The first-order valence-electron chi connectivity index (χ1n) is 6.10. The molecule has 0 aromatic carbocycles. The van der Waals surface area contributed by atoms with E-state index < -0.39 is 11.2 Å². The zero-order valence-electron chi connectivity index (χ0n) is 10.6. The molecule has 2 rings (SSSR count). The van der Waals surface area contributed by atoms with Crippen molar-refractivity contribution in [1.29, 1.82) is 0 Å². The number of unbranched alkanes of at least 4 members (excludes halogenated alkanes) is 2. The van der Waals surface area contributed by atoms with Gasteiger partial charge in [0.1, 0.15) is 11.2 Å². The number of rotatable bonds is 4.